The lowest BCUT2D eigenvalue weighted by molar-refractivity contribution is -0.114. The molecule has 1 N–H and O–H groups in total. The van der Waals surface area contributed by atoms with Crippen molar-refractivity contribution < 1.29 is 9.59 Å². The van der Waals surface area contributed by atoms with E-state index in [4.69, 9.17) is 0 Å². The lowest BCUT2D eigenvalue weighted by atomic mass is 10.1. The Morgan fingerprint density at radius 3 is 2.69 bits per heavy atom. The van der Waals surface area contributed by atoms with Crippen molar-refractivity contribution in [3.63, 3.8) is 0 Å². The molecule has 5 rings (SSSR count). The molecular weight excluding hydrogens is 324 g/mol. The fourth-order valence-corrected chi connectivity index (χ4v) is 4.13. The summed E-state index contributed by atoms with van der Waals surface area (Å²) in [6.07, 6.45) is 3.37. The van der Waals surface area contributed by atoms with Gasteiger partial charge in [0.15, 0.2) is 0 Å². The summed E-state index contributed by atoms with van der Waals surface area (Å²) in [7, 11) is 0. The fourth-order valence-electron chi connectivity index (χ4n) is 4.13. The first-order valence-electron chi connectivity index (χ1n) is 8.96. The lowest BCUT2D eigenvalue weighted by Crippen LogP contribution is -2.35. The van der Waals surface area contributed by atoms with E-state index in [1.165, 1.54) is 17.5 Å². The van der Waals surface area contributed by atoms with Crippen molar-refractivity contribution in [2.45, 2.75) is 19.3 Å². The predicted octanol–water partition coefficient (Wildman–Crippen LogP) is 3.93. The molecule has 0 fully saturated rings. The molecule has 0 unspecified atom stereocenters. The highest BCUT2D eigenvalue weighted by Gasteiger charge is 2.30. The molecule has 2 amide bonds. The third-order valence-corrected chi connectivity index (χ3v) is 5.33. The van der Waals surface area contributed by atoms with Gasteiger partial charge in [-0.1, -0.05) is 30.3 Å². The summed E-state index contributed by atoms with van der Waals surface area (Å²) in [5, 5.41) is 4.90. The van der Waals surface area contributed by atoms with Crippen LogP contribution in [-0.4, -0.2) is 18.4 Å². The molecule has 4 nitrogen and oxygen atoms in total. The second kappa shape index (κ2) is 5.70. The Morgan fingerprint density at radius 2 is 1.81 bits per heavy atom. The first-order chi connectivity index (χ1) is 12.7. The summed E-state index contributed by atoms with van der Waals surface area (Å²) in [5.74, 6) is -0.290. The molecule has 1 aliphatic heterocycles. The molecule has 0 aromatic heterocycles. The zero-order valence-corrected chi connectivity index (χ0v) is 14.3. The number of hydrogen-bond donors (Lipinski definition) is 1. The van der Waals surface area contributed by atoms with Crippen LogP contribution in [0.3, 0.4) is 0 Å². The number of nitrogens with one attached hydrogen (secondary N) is 1. The van der Waals surface area contributed by atoms with E-state index in [1.807, 2.05) is 42.5 Å². The third kappa shape index (κ3) is 2.30. The Kier molecular flexibility index (Phi) is 3.32. The zero-order chi connectivity index (χ0) is 17.7. The molecule has 0 saturated carbocycles. The van der Waals surface area contributed by atoms with Crippen LogP contribution < -0.4 is 10.2 Å². The van der Waals surface area contributed by atoms with Gasteiger partial charge >= 0.3 is 0 Å². The fraction of sp³-hybridized carbons (Fsp3) is 0.182. The van der Waals surface area contributed by atoms with E-state index in [9.17, 15) is 9.59 Å². The topological polar surface area (TPSA) is 49.4 Å². The highest BCUT2D eigenvalue weighted by atomic mass is 16.2. The summed E-state index contributed by atoms with van der Waals surface area (Å²) in [6, 6.07) is 17.6. The number of aryl methyl sites for hydroxylation is 2. The van der Waals surface area contributed by atoms with E-state index in [1.54, 1.807) is 4.90 Å². The first-order valence-corrected chi connectivity index (χ1v) is 8.96. The van der Waals surface area contributed by atoms with Crippen molar-refractivity contribution in [2.75, 3.05) is 16.8 Å². The van der Waals surface area contributed by atoms with Gasteiger partial charge in [0.1, 0.15) is 6.54 Å². The Labute approximate surface area is 151 Å². The maximum atomic E-state index is 12.8. The van der Waals surface area contributed by atoms with Crippen LogP contribution in [-0.2, 0) is 17.6 Å². The number of anilines is 2. The van der Waals surface area contributed by atoms with Crippen molar-refractivity contribution in [3.8, 4) is 0 Å². The smallest absolute Gasteiger partial charge is 0.259 e. The van der Waals surface area contributed by atoms with Crippen molar-refractivity contribution in [3.05, 3.63) is 71.3 Å². The first kappa shape index (κ1) is 15.1. The van der Waals surface area contributed by atoms with Gasteiger partial charge in [-0.15, -0.1) is 0 Å². The molecule has 1 aliphatic carbocycles. The number of benzene rings is 3. The molecule has 2 aliphatic rings. The highest BCUT2D eigenvalue weighted by molar-refractivity contribution is 6.26. The van der Waals surface area contributed by atoms with Crippen LogP contribution in [0.2, 0.25) is 0 Å². The van der Waals surface area contributed by atoms with Crippen LogP contribution in [0.1, 0.15) is 27.9 Å². The van der Waals surface area contributed by atoms with Gasteiger partial charge in [0, 0.05) is 16.6 Å². The molecule has 0 spiro atoms. The van der Waals surface area contributed by atoms with E-state index < -0.39 is 0 Å². The van der Waals surface area contributed by atoms with Crippen LogP contribution in [0.5, 0.6) is 0 Å². The van der Waals surface area contributed by atoms with Gasteiger partial charge in [0.25, 0.3) is 5.91 Å². The highest BCUT2D eigenvalue weighted by Crippen LogP contribution is 2.37. The van der Waals surface area contributed by atoms with E-state index in [0.29, 0.717) is 5.56 Å². The molecular formula is C22H18N2O2. The molecule has 0 bridgehead atoms. The van der Waals surface area contributed by atoms with Crippen molar-refractivity contribution in [2.24, 2.45) is 0 Å². The van der Waals surface area contributed by atoms with Gasteiger partial charge in [0.2, 0.25) is 5.91 Å². The number of hydrogen-bond acceptors (Lipinski definition) is 2. The van der Waals surface area contributed by atoms with Gasteiger partial charge in [-0.2, -0.15) is 0 Å². The zero-order valence-electron chi connectivity index (χ0n) is 14.3. The number of amides is 2. The maximum absolute atomic E-state index is 12.8. The standard InChI is InChI=1S/C22H18N2O2/c25-20(23-17-11-10-14-4-1-7-16(14)12-17)13-24-19-9-3-6-15-5-2-8-18(21(15)19)22(24)26/h2-3,5-6,8-12H,1,4,7,13H2,(H,23,25). The lowest BCUT2D eigenvalue weighted by Gasteiger charge is -2.17. The Balaban J connectivity index is 1.39. The molecule has 128 valence electrons. The van der Waals surface area contributed by atoms with E-state index in [0.717, 1.165) is 35.0 Å². The minimum absolute atomic E-state index is 0.0176. The van der Waals surface area contributed by atoms with E-state index >= 15 is 0 Å². The maximum Gasteiger partial charge on any atom is 0.259 e. The van der Waals surface area contributed by atoms with Crippen molar-refractivity contribution in [1.82, 2.24) is 0 Å². The van der Waals surface area contributed by atoms with Crippen LogP contribution >= 0.6 is 0 Å². The predicted molar refractivity (Wildman–Crippen MR) is 103 cm³/mol. The number of fused-ring (bicyclic) bond motifs is 1. The van der Waals surface area contributed by atoms with Crippen LogP contribution in [0.25, 0.3) is 10.8 Å². The quantitative estimate of drug-likeness (QED) is 0.784. The molecule has 0 radical (unpaired) electrons. The number of carbonyl (C=O) groups is 2. The monoisotopic (exact) mass is 342 g/mol. The summed E-state index contributed by atoms with van der Waals surface area (Å²) in [5.41, 5.74) is 4.98. The normalized spacial score (nSPS) is 14.8. The van der Waals surface area contributed by atoms with Gasteiger partial charge in [-0.25, -0.2) is 0 Å². The summed E-state index contributed by atoms with van der Waals surface area (Å²) in [6.45, 7) is 0.0176. The van der Waals surface area contributed by atoms with Crippen LogP contribution in [0.4, 0.5) is 11.4 Å². The van der Waals surface area contributed by atoms with Gasteiger partial charge < -0.3 is 5.32 Å². The summed E-state index contributed by atoms with van der Waals surface area (Å²) < 4.78 is 0. The molecule has 4 heteroatoms. The second-order valence-electron chi connectivity index (χ2n) is 6.96. The number of carbonyl (C=O) groups excluding carboxylic acids is 2. The average Bonchev–Trinajstić information content (AvgIpc) is 3.21. The van der Waals surface area contributed by atoms with E-state index in [-0.39, 0.29) is 18.4 Å². The van der Waals surface area contributed by atoms with Gasteiger partial charge in [0.05, 0.1) is 5.69 Å². The van der Waals surface area contributed by atoms with Gasteiger partial charge in [-0.3, -0.25) is 14.5 Å². The average molecular weight is 342 g/mol. The molecule has 0 saturated heterocycles. The summed E-state index contributed by atoms with van der Waals surface area (Å²) >= 11 is 0. The molecule has 26 heavy (non-hydrogen) atoms. The number of rotatable bonds is 3. The summed E-state index contributed by atoms with van der Waals surface area (Å²) in [4.78, 5) is 26.9. The molecule has 0 atom stereocenters. The van der Waals surface area contributed by atoms with Crippen LogP contribution in [0.15, 0.2) is 54.6 Å². The largest absolute Gasteiger partial charge is 0.325 e. The van der Waals surface area contributed by atoms with Crippen molar-refractivity contribution in [1.29, 1.82) is 0 Å². The van der Waals surface area contributed by atoms with E-state index in [2.05, 4.69) is 17.4 Å². The Morgan fingerprint density at radius 1 is 1.00 bits per heavy atom. The minimum atomic E-state index is -0.180. The molecule has 1 heterocycles. The second-order valence-corrected chi connectivity index (χ2v) is 6.96. The number of nitrogens with zero attached hydrogens (tertiary/aromatic N) is 1. The minimum Gasteiger partial charge on any atom is -0.325 e. The Hall–Kier alpha value is -3.14. The molecule has 3 aromatic rings. The van der Waals surface area contributed by atoms with Crippen molar-refractivity contribution >= 4 is 34.0 Å². The molecule has 3 aromatic carbocycles. The van der Waals surface area contributed by atoms with Crippen LogP contribution in [0, 0.1) is 0 Å². The third-order valence-electron chi connectivity index (χ3n) is 5.33. The SMILES string of the molecule is O=C(CN1C(=O)c2cccc3cccc1c23)Nc1ccc2c(c1)CCC2. The Bertz CT molecular complexity index is 1070. The van der Waals surface area contributed by atoms with Gasteiger partial charge in [-0.05, 0) is 60.0 Å².